The molecule has 0 aromatic heterocycles. The van der Waals surface area contributed by atoms with Crippen LogP contribution in [0.3, 0.4) is 0 Å². The Morgan fingerprint density at radius 2 is 1.23 bits per heavy atom. The summed E-state index contributed by atoms with van der Waals surface area (Å²) >= 11 is 0. The molecule has 1 N–H and O–H groups in total. The zero-order valence-corrected chi connectivity index (χ0v) is 17.5. The summed E-state index contributed by atoms with van der Waals surface area (Å²) in [6, 6.07) is 9.79. The summed E-state index contributed by atoms with van der Waals surface area (Å²) in [6.45, 7) is 0. The lowest BCUT2D eigenvalue weighted by atomic mass is 10.0. The summed E-state index contributed by atoms with van der Waals surface area (Å²) in [6.07, 6.45) is 0. The molecule has 0 saturated carbocycles. The molecule has 3 aromatic rings. The van der Waals surface area contributed by atoms with Crippen LogP contribution in [0.25, 0.3) is 11.1 Å². The van der Waals surface area contributed by atoms with E-state index in [9.17, 15) is 40.5 Å². The molecule has 0 unspecified atom stereocenters. The van der Waals surface area contributed by atoms with Crippen LogP contribution in [-0.2, 0) is 0 Å². The lowest BCUT2D eigenvalue weighted by Crippen LogP contribution is -2.05. The molecule has 0 radical (unpaired) electrons. The van der Waals surface area contributed by atoms with Crippen molar-refractivity contribution in [3.8, 4) is 16.9 Å². The first kappa shape index (κ1) is 22.7. The van der Waals surface area contributed by atoms with Crippen LogP contribution in [0.1, 0.15) is 11.1 Å². The molecule has 15 nitrogen and oxygen atoms in total. The highest BCUT2D eigenvalue weighted by Crippen LogP contribution is 2.50. The molecule has 0 spiro atoms. The number of anilines is 1. The molecule has 1 aliphatic carbocycles. The first-order valence-electron chi connectivity index (χ1n) is 9.55. The summed E-state index contributed by atoms with van der Waals surface area (Å²) < 4.78 is 5.21. The molecular formula is C20H12N6O9. The minimum atomic E-state index is -0.919. The Morgan fingerprint density at radius 1 is 0.743 bits per heavy atom. The molecule has 1 aliphatic rings. The quantitative estimate of drug-likeness (QED) is 0.295. The van der Waals surface area contributed by atoms with Crippen molar-refractivity contribution < 1.29 is 24.4 Å². The molecule has 0 amide bonds. The van der Waals surface area contributed by atoms with E-state index in [-0.39, 0.29) is 28.0 Å². The predicted octanol–water partition coefficient (Wildman–Crippen LogP) is 4.17. The normalized spacial score (nSPS) is 11.3. The van der Waals surface area contributed by atoms with Gasteiger partial charge in [0.25, 0.3) is 22.7 Å². The number of nitro groups is 4. The Morgan fingerprint density at radius 3 is 1.66 bits per heavy atom. The third kappa shape index (κ3) is 3.82. The number of rotatable bonds is 7. The third-order valence-electron chi connectivity index (χ3n) is 5.18. The van der Waals surface area contributed by atoms with Crippen molar-refractivity contribution in [3.05, 3.63) is 100 Å². The van der Waals surface area contributed by atoms with E-state index in [0.717, 1.165) is 12.1 Å². The zero-order chi connectivity index (χ0) is 25.4. The molecule has 0 heterocycles. The lowest BCUT2D eigenvalue weighted by molar-refractivity contribution is -0.395. The van der Waals surface area contributed by atoms with Crippen LogP contribution >= 0.6 is 0 Å². The molecule has 0 saturated heterocycles. The number of hydrazone groups is 1. The van der Waals surface area contributed by atoms with Crippen molar-refractivity contribution in [1.82, 2.24) is 0 Å². The van der Waals surface area contributed by atoms with Crippen molar-refractivity contribution in [2.24, 2.45) is 5.10 Å². The number of fused-ring (bicyclic) bond motifs is 3. The van der Waals surface area contributed by atoms with E-state index in [1.54, 1.807) is 24.3 Å². The van der Waals surface area contributed by atoms with E-state index < -0.39 is 42.4 Å². The molecule has 0 atom stereocenters. The maximum Gasteiger partial charge on any atom is 0.285 e. The van der Waals surface area contributed by atoms with E-state index in [0.29, 0.717) is 23.6 Å². The Bertz CT molecular complexity index is 1400. The first-order chi connectivity index (χ1) is 16.6. The molecule has 35 heavy (non-hydrogen) atoms. The van der Waals surface area contributed by atoms with Gasteiger partial charge in [-0.1, -0.05) is 12.1 Å². The maximum atomic E-state index is 11.8. The van der Waals surface area contributed by atoms with E-state index >= 15 is 0 Å². The maximum absolute atomic E-state index is 11.8. The molecular weight excluding hydrogens is 468 g/mol. The molecule has 0 aliphatic heterocycles. The second kappa shape index (κ2) is 8.47. The molecule has 15 heteroatoms. The fraction of sp³-hybridized carbons (Fsp3) is 0.0500. The largest absolute Gasteiger partial charge is 0.495 e. The average molecular weight is 480 g/mol. The van der Waals surface area contributed by atoms with Crippen LogP contribution in [0, 0.1) is 40.5 Å². The fourth-order valence-electron chi connectivity index (χ4n) is 3.74. The van der Waals surface area contributed by atoms with Crippen LogP contribution in [0.5, 0.6) is 5.75 Å². The number of non-ortho nitro benzene ring substituents is 2. The van der Waals surface area contributed by atoms with E-state index in [1.165, 1.54) is 7.11 Å². The monoisotopic (exact) mass is 480 g/mol. The van der Waals surface area contributed by atoms with Gasteiger partial charge in [0.15, 0.2) is 0 Å². The number of hydrogen-bond donors (Lipinski definition) is 1. The fourth-order valence-corrected chi connectivity index (χ4v) is 3.74. The lowest BCUT2D eigenvalue weighted by Gasteiger charge is -2.08. The predicted molar refractivity (Wildman–Crippen MR) is 121 cm³/mol. The zero-order valence-electron chi connectivity index (χ0n) is 17.5. The molecule has 0 bridgehead atoms. The van der Waals surface area contributed by atoms with Gasteiger partial charge in [0.05, 0.1) is 55.8 Å². The van der Waals surface area contributed by atoms with E-state index in [2.05, 4.69) is 10.5 Å². The van der Waals surface area contributed by atoms with Crippen molar-refractivity contribution in [1.29, 1.82) is 0 Å². The minimum absolute atomic E-state index is 0.174. The second-order valence-electron chi connectivity index (χ2n) is 7.08. The number of methoxy groups -OCH3 is 1. The van der Waals surface area contributed by atoms with Crippen molar-refractivity contribution in [3.63, 3.8) is 0 Å². The van der Waals surface area contributed by atoms with E-state index in [4.69, 9.17) is 4.74 Å². The second-order valence-corrected chi connectivity index (χ2v) is 7.08. The molecule has 4 rings (SSSR count). The summed E-state index contributed by atoms with van der Waals surface area (Å²) in [5, 5.41) is 50.7. The van der Waals surface area contributed by atoms with Gasteiger partial charge in [-0.05, 0) is 12.1 Å². The average Bonchev–Trinajstić information content (AvgIpc) is 3.14. The van der Waals surface area contributed by atoms with Crippen molar-refractivity contribution in [2.45, 2.75) is 0 Å². The van der Waals surface area contributed by atoms with Gasteiger partial charge >= 0.3 is 0 Å². The third-order valence-corrected chi connectivity index (χ3v) is 5.18. The standard InChI is InChI=1S/C20H12N6O9/c1-35-17-5-3-2-4-14(17)21-22-20-12-6-10(23(27)28)8-15(25(31)32)18(12)19-13(20)7-11(24(29)30)9-16(19)26(33)34/h2-9,21H,1H3. The highest BCUT2D eigenvalue weighted by Gasteiger charge is 2.41. The van der Waals surface area contributed by atoms with Crippen molar-refractivity contribution in [2.75, 3.05) is 12.5 Å². The number of benzene rings is 3. The van der Waals surface area contributed by atoms with Crippen LogP contribution in [0.2, 0.25) is 0 Å². The van der Waals surface area contributed by atoms with Gasteiger partial charge in [0.2, 0.25) is 0 Å². The van der Waals surface area contributed by atoms with Gasteiger partial charge in [-0.2, -0.15) is 5.10 Å². The summed E-state index contributed by atoms with van der Waals surface area (Å²) in [7, 11) is 1.40. The van der Waals surface area contributed by atoms with Gasteiger partial charge in [-0.3, -0.25) is 45.9 Å². The summed E-state index contributed by atoms with van der Waals surface area (Å²) in [5.41, 5.74) is -1.05. The summed E-state index contributed by atoms with van der Waals surface area (Å²) in [4.78, 5) is 42.9. The molecule has 176 valence electrons. The van der Waals surface area contributed by atoms with Crippen LogP contribution in [-0.4, -0.2) is 32.5 Å². The summed E-state index contributed by atoms with van der Waals surface area (Å²) in [5.74, 6) is 0.352. The topological polar surface area (TPSA) is 206 Å². The minimum Gasteiger partial charge on any atom is -0.495 e. The van der Waals surface area contributed by atoms with Gasteiger partial charge in [0, 0.05) is 23.3 Å². The first-order valence-corrected chi connectivity index (χ1v) is 9.55. The Hall–Kier alpha value is -5.47. The molecule has 0 fully saturated rings. The van der Waals surface area contributed by atoms with Crippen LogP contribution in [0.4, 0.5) is 28.4 Å². The SMILES string of the molecule is COc1ccccc1NN=C1c2cc([N+](=O)[O-])cc([N+](=O)[O-])c2-c2c1cc([N+](=O)[O-])cc2[N+](=O)[O-]. The highest BCUT2D eigenvalue weighted by molar-refractivity contribution is 6.27. The van der Waals surface area contributed by atoms with Gasteiger partial charge in [-0.25, -0.2) is 0 Å². The number of nitrogens with zero attached hydrogens (tertiary/aromatic N) is 5. The smallest absolute Gasteiger partial charge is 0.285 e. The van der Waals surface area contributed by atoms with Crippen LogP contribution in [0.15, 0.2) is 53.6 Å². The highest BCUT2D eigenvalue weighted by atomic mass is 16.6. The van der Waals surface area contributed by atoms with Crippen LogP contribution < -0.4 is 10.2 Å². The van der Waals surface area contributed by atoms with Gasteiger partial charge < -0.3 is 4.74 Å². The van der Waals surface area contributed by atoms with Gasteiger partial charge in [-0.15, -0.1) is 0 Å². The number of ether oxygens (including phenoxy) is 1. The van der Waals surface area contributed by atoms with E-state index in [1.807, 2.05) is 0 Å². The Balaban J connectivity index is 2.09. The Labute approximate surface area is 193 Å². The van der Waals surface area contributed by atoms with Crippen molar-refractivity contribution >= 4 is 34.1 Å². The number of nitro benzene ring substituents is 4. The number of hydrogen-bond acceptors (Lipinski definition) is 11. The Kier molecular flexibility index (Phi) is 5.50. The molecule has 3 aromatic carbocycles. The number of nitrogens with one attached hydrogen (secondary N) is 1. The van der Waals surface area contributed by atoms with Gasteiger partial charge in [0.1, 0.15) is 11.5 Å². The number of para-hydroxylation sites is 2.